The standard InChI is InChI=1S/C20H21F2NO3/c1-4-5-14-6-9-18(19(10-14)25-3)26-12-20(24)23-13(2)16-8-7-15(21)11-17(16)22/h4-11,13H,12H2,1-3H3,(H,23,24)/b5-4+. The molecule has 138 valence electrons. The SMILES string of the molecule is C/C=C/c1ccc(OCC(=O)NC(C)c2ccc(F)cc2F)c(OC)c1. The summed E-state index contributed by atoms with van der Waals surface area (Å²) in [7, 11) is 1.51. The molecule has 2 rings (SSSR count). The van der Waals surface area contributed by atoms with Crippen LogP contribution in [0.2, 0.25) is 0 Å². The molecule has 0 aromatic heterocycles. The predicted molar refractivity (Wildman–Crippen MR) is 96.1 cm³/mol. The van der Waals surface area contributed by atoms with Crippen LogP contribution in [0.1, 0.15) is 31.0 Å². The van der Waals surface area contributed by atoms with Gasteiger partial charge in [-0.25, -0.2) is 8.78 Å². The van der Waals surface area contributed by atoms with E-state index in [0.29, 0.717) is 11.5 Å². The van der Waals surface area contributed by atoms with Crippen molar-refractivity contribution in [2.45, 2.75) is 19.9 Å². The summed E-state index contributed by atoms with van der Waals surface area (Å²) in [5.41, 5.74) is 1.15. The minimum absolute atomic E-state index is 0.202. The zero-order chi connectivity index (χ0) is 19.1. The summed E-state index contributed by atoms with van der Waals surface area (Å²) in [5.74, 6) is -0.870. The molecule has 6 heteroatoms. The molecular weight excluding hydrogens is 340 g/mol. The van der Waals surface area contributed by atoms with Crippen LogP contribution in [0.4, 0.5) is 8.78 Å². The second kappa shape index (κ2) is 8.99. The van der Waals surface area contributed by atoms with Crippen molar-refractivity contribution < 1.29 is 23.0 Å². The monoisotopic (exact) mass is 361 g/mol. The first kappa shape index (κ1) is 19.4. The van der Waals surface area contributed by atoms with Gasteiger partial charge >= 0.3 is 0 Å². The quantitative estimate of drug-likeness (QED) is 0.801. The maximum atomic E-state index is 13.8. The molecule has 1 N–H and O–H groups in total. The van der Waals surface area contributed by atoms with Crippen LogP contribution in [0.25, 0.3) is 6.08 Å². The van der Waals surface area contributed by atoms with Gasteiger partial charge in [0.1, 0.15) is 11.6 Å². The van der Waals surface area contributed by atoms with Gasteiger partial charge in [-0.1, -0.05) is 24.3 Å². The Hall–Kier alpha value is -2.89. The van der Waals surface area contributed by atoms with Crippen molar-refractivity contribution in [1.82, 2.24) is 5.32 Å². The molecule has 1 unspecified atom stereocenters. The molecule has 0 spiro atoms. The highest BCUT2D eigenvalue weighted by Crippen LogP contribution is 2.28. The topological polar surface area (TPSA) is 47.6 Å². The van der Waals surface area contributed by atoms with Crippen LogP contribution >= 0.6 is 0 Å². The molecule has 0 radical (unpaired) electrons. The van der Waals surface area contributed by atoms with Gasteiger partial charge in [0.25, 0.3) is 5.91 Å². The van der Waals surface area contributed by atoms with Crippen LogP contribution in [0.15, 0.2) is 42.5 Å². The number of amides is 1. The molecule has 26 heavy (non-hydrogen) atoms. The van der Waals surface area contributed by atoms with Gasteiger partial charge in [-0.3, -0.25) is 4.79 Å². The first-order valence-corrected chi connectivity index (χ1v) is 8.12. The summed E-state index contributed by atoms with van der Waals surface area (Å²) in [6, 6.07) is 7.96. The highest BCUT2D eigenvalue weighted by atomic mass is 19.1. The average Bonchev–Trinajstić information content (AvgIpc) is 2.60. The maximum absolute atomic E-state index is 13.8. The Kier molecular flexibility index (Phi) is 6.72. The first-order valence-electron chi connectivity index (χ1n) is 8.12. The average molecular weight is 361 g/mol. The minimum atomic E-state index is -0.708. The minimum Gasteiger partial charge on any atom is -0.493 e. The van der Waals surface area contributed by atoms with E-state index in [9.17, 15) is 13.6 Å². The summed E-state index contributed by atoms with van der Waals surface area (Å²) in [6.07, 6.45) is 3.82. The van der Waals surface area contributed by atoms with Crippen molar-refractivity contribution in [3.05, 3.63) is 65.2 Å². The third kappa shape index (κ3) is 5.05. The van der Waals surface area contributed by atoms with Crippen LogP contribution in [-0.4, -0.2) is 19.6 Å². The third-order valence-electron chi connectivity index (χ3n) is 3.71. The van der Waals surface area contributed by atoms with E-state index >= 15 is 0 Å². The largest absolute Gasteiger partial charge is 0.493 e. The third-order valence-corrected chi connectivity index (χ3v) is 3.71. The lowest BCUT2D eigenvalue weighted by molar-refractivity contribution is -0.123. The Morgan fingerprint density at radius 2 is 1.96 bits per heavy atom. The molecule has 0 fully saturated rings. The highest BCUT2D eigenvalue weighted by Gasteiger charge is 2.15. The second-order valence-electron chi connectivity index (χ2n) is 5.65. The van der Waals surface area contributed by atoms with Crippen LogP contribution in [-0.2, 0) is 4.79 Å². The summed E-state index contributed by atoms with van der Waals surface area (Å²) in [6.45, 7) is 3.26. The second-order valence-corrected chi connectivity index (χ2v) is 5.65. The number of methoxy groups -OCH3 is 1. The number of hydrogen-bond acceptors (Lipinski definition) is 3. The number of benzene rings is 2. The lowest BCUT2D eigenvalue weighted by Gasteiger charge is -2.16. The fourth-order valence-corrected chi connectivity index (χ4v) is 2.46. The molecule has 1 amide bonds. The number of carbonyl (C=O) groups excluding carboxylic acids is 1. The number of carbonyl (C=O) groups is 1. The van der Waals surface area contributed by atoms with Crippen molar-refractivity contribution in [2.75, 3.05) is 13.7 Å². The summed E-state index contributed by atoms with van der Waals surface area (Å²) in [4.78, 5) is 12.1. The summed E-state index contributed by atoms with van der Waals surface area (Å²) in [5, 5.41) is 2.62. The van der Waals surface area contributed by atoms with E-state index in [2.05, 4.69) is 5.32 Å². The fraction of sp³-hybridized carbons (Fsp3) is 0.250. The van der Waals surface area contributed by atoms with Crippen molar-refractivity contribution in [3.63, 3.8) is 0 Å². The smallest absolute Gasteiger partial charge is 0.258 e. The molecule has 0 saturated carbocycles. The van der Waals surface area contributed by atoms with E-state index in [4.69, 9.17) is 9.47 Å². The van der Waals surface area contributed by atoms with Gasteiger partial charge in [-0.05, 0) is 37.6 Å². The summed E-state index contributed by atoms with van der Waals surface area (Å²) >= 11 is 0. The van der Waals surface area contributed by atoms with Crippen molar-refractivity contribution in [2.24, 2.45) is 0 Å². The zero-order valence-electron chi connectivity index (χ0n) is 14.9. The van der Waals surface area contributed by atoms with E-state index in [1.54, 1.807) is 19.1 Å². The molecule has 4 nitrogen and oxygen atoms in total. The van der Waals surface area contributed by atoms with E-state index < -0.39 is 23.6 Å². The molecule has 0 aliphatic heterocycles. The van der Waals surface area contributed by atoms with Crippen molar-refractivity contribution in [3.8, 4) is 11.5 Å². The van der Waals surface area contributed by atoms with E-state index in [1.807, 2.05) is 25.1 Å². The van der Waals surface area contributed by atoms with Gasteiger partial charge in [0.2, 0.25) is 0 Å². The summed E-state index contributed by atoms with van der Waals surface area (Å²) < 4.78 is 37.5. The number of ether oxygens (including phenoxy) is 2. The maximum Gasteiger partial charge on any atom is 0.258 e. The van der Waals surface area contributed by atoms with Gasteiger partial charge in [-0.2, -0.15) is 0 Å². The molecule has 2 aromatic rings. The Bertz CT molecular complexity index is 806. The normalized spacial score (nSPS) is 12.0. The molecule has 0 aliphatic rings. The number of nitrogens with one attached hydrogen (secondary N) is 1. The molecule has 0 bridgehead atoms. The van der Waals surface area contributed by atoms with E-state index in [1.165, 1.54) is 13.2 Å². The lowest BCUT2D eigenvalue weighted by Crippen LogP contribution is -2.31. The number of halogens is 2. The van der Waals surface area contributed by atoms with Crippen LogP contribution in [0, 0.1) is 11.6 Å². The van der Waals surface area contributed by atoms with E-state index in [0.717, 1.165) is 17.7 Å². The molecular formula is C20H21F2NO3. The Morgan fingerprint density at radius 3 is 2.62 bits per heavy atom. The predicted octanol–water partition coefficient (Wildman–Crippen LogP) is 4.26. The zero-order valence-corrected chi connectivity index (χ0v) is 14.9. The van der Waals surface area contributed by atoms with Gasteiger partial charge in [0, 0.05) is 11.6 Å². The van der Waals surface area contributed by atoms with Gasteiger partial charge in [0.05, 0.1) is 13.2 Å². The van der Waals surface area contributed by atoms with Gasteiger partial charge in [-0.15, -0.1) is 0 Å². The van der Waals surface area contributed by atoms with Crippen LogP contribution in [0.5, 0.6) is 11.5 Å². The highest BCUT2D eigenvalue weighted by molar-refractivity contribution is 5.78. The molecule has 0 heterocycles. The lowest BCUT2D eigenvalue weighted by atomic mass is 10.1. The van der Waals surface area contributed by atoms with Crippen molar-refractivity contribution in [1.29, 1.82) is 0 Å². The van der Waals surface area contributed by atoms with Gasteiger partial charge in [0.15, 0.2) is 18.1 Å². The van der Waals surface area contributed by atoms with E-state index in [-0.39, 0.29) is 12.2 Å². The van der Waals surface area contributed by atoms with Crippen molar-refractivity contribution >= 4 is 12.0 Å². The van der Waals surface area contributed by atoms with Gasteiger partial charge < -0.3 is 14.8 Å². The number of allylic oxidation sites excluding steroid dienone is 1. The number of rotatable bonds is 7. The number of hydrogen-bond donors (Lipinski definition) is 1. The van der Waals surface area contributed by atoms with Crippen LogP contribution < -0.4 is 14.8 Å². The molecule has 0 aliphatic carbocycles. The molecule has 1 atom stereocenters. The Balaban J connectivity index is 1.98. The molecule has 0 saturated heterocycles. The Labute approximate surface area is 151 Å². The molecule has 2 aromatic carbocycles. The van der Waals surface area contributed by atoms with Crippen LogP contribution in [0.3, 0.4) is 0 Å². The Morgan fingerprint density at radius 1 is 1.19 bits per heavy atom. The fourth-order valence-electron chi connectivity index (χ4n) is 2.46. The first-order chi connectivity index (χ1) is 12.4.